The summed E-state index contributed by atoms with van der Waals surface area (Å²) in [6.45, 7) is 2.45. The molecule has 2 N–H and O–H groups in total. The van der Waals surface area contributed by atoms with Gasteiger partial charge in [-0.2, -0.15) is 5.10 Å². The van der Waals surface area contributed by atoms with Crippen molar-refractivity contribution in [1.82, 2.24) is 5.43 Å². The SMILES string of the molecule is Cc1ccc(COc2ccccc2C=NNC(=O)CC(=O)Nc2ccccc2Cl)cc1. The third-order valence-electron chi connectivity index (χ3n) is 4.30. The Bertz CT molecular complexity index is 1080. The third kappa shape index (κ3) is 6.97. The second kappa shape index (κ2) is 10.9. The van der Waals surface area contributed by atoms with Gasteiger partial charge >= 0.3 is 0 Å². The number of hydrogen-bond acceptors (Lipinski definition) is 4. The van der Waals surface area contributed by atoms with Gasteiger partial charge in [-0.25, -0.2) is 5.43 Å². The highest BCUT2D eigenvalue weighted by molar-refractivity contribution is 6.33. The van der Waals surface area contributed by atoms with Crippen LogP contribution in [0.5, 0.6) is 5.75 Å². The minimum absolute atomic E-state index is 0.381. The Labute approximate surface area is 185 Å². The van der Waals surface area contributed by atoms with E-state index in [1.54, 1.807) is 24.3 Å². The normalized spacial score (nSPS) is 10.6. The number of ether oxygens (including phenoxy) is 1. The van der Waals surface area contributed by atoms with Gasteiger partial charge in [0.1, 0.15) is 18.8 Å². The molecule has 6 nitrogen and oxygen atoms in total. The van der Waals surface area contributed by atoms with Crippen LogP contribution in [0.3, 0.4) is 0 Å². The topological polar surface area (TPSA) is 79.8 Å². The van der Waals surface area contributed by atoms with Crippen LogP contribution < -0.4 is 15.5 Å². The number of benzene rings is 3. The quantitative estimate of drug-likeness (QED) is 0.305. The van der Waals surface area contributed by atoms with Gasteiger partial charge in [-0.05, 0) is 36.8 Å². The number of amides is 2. The van der Waals surface area contributed by atoms with Crippen molar-refractivity contribution in [3.8, 4) is 5.75 Å². The van der Waals surface area contributed by atoms with Crippen LogP contribution in [-0.2, 0) is 16.2 Å². The summed E-state index contributed by atoms with van der Waals surface area (Å²) in [7, 11) is 0. The standard InChI is InChI=1S/C24H22ClN3O3/c1-17-10-12-18(13-11-17)16-31-22-9-5-2-6-19(22)15-26-28-24(30)14-23(29)27-21-8-4-3-7-20(21)25/h2-13,15H,14,16H2,1H3,(H,27,29)(H,28,30). The summed E-state index contributed by atoms with van der Waals surface area (Å²) in [5.41, 5.74) is 5.74. The predicted molar refractivity (Wildman–Crippen MR) is 122 cm³/mol. The van der Waals surface area contributed by atoms with Gasteiger partial charge in [0.15, 0.2) is 0 Å². The van der Waals surface area contributed by atoms with Crippen LogP contribution >= 0.6 is 11.6 Å². The molecule has 3 rings (SSSR count). The highest BCUT2D eigenvalue weighted by atomic mass is 35.5. The van der Waals surface area contributed by atoms with E-state index in [0.29, 0.717) is 28.6 Å². The van der Waals surface area contributed by atoms with E-state index in [1.165, 1.54) is 11.8 Å². The van der Waals surface area contributed by atoms with Crippen molar-refractivity contribution in [2.24, 2.45) is 5.10 Å². The van der Waals surface area contributed by atoms with Crippen molar-refractivity contribution in [2.75, 3.05) is 5.32 Å². The highest BCUT2D eigenvalue weighted by Crippen LogP contribution is 2.20. The first kappa shape index (κ1) is 22.1. The Morgan fingerprint density at radius 1 is 0.968 bits per heavy atom. The number of carbonyl (C=O) groups excluding carboxylic acids is 2. The van der Waals surface area contributed by atoms with Gasteiger partial charge in [-0.1, -0.05) is 65.7 Å². The van der Waals surface area contributed by atoms with Crippen LogP contribution in [0, 0.1) is 6.92 Å². The molecular weight excluding hydrogens is 414 g/mol. The Morgan fingerprint density at radius 3 is 2.45 bits per heavy atom. The Kier molecular flexibility index (Phi) is 7.79. The number of anilines is 1. The number of carbonyl (C=O) groups is 2. The molecule has 158 valence electrons. The first-order chi connectivity index (χ1) is 15.0. The Morgan fingerprint density at radius 2 is 1.68 bits per heavy atom. The molecule has 0 fully saturated rings. The fraction of sp³-hybridized carbons (Fsp3) is 0.125. The van der Waals surface area contributed by atoms with Gasteiger partial charge in [-0.15, -0.1) is 0 Å². The van der Waals surface area contributed by atoms with Crippen molar-refractivity contribution in [3.63, 3.8) is 0 Å². The minimum Gasteiger partial charge on any atom is -0.488 e. The summed E-state index contributed by atoms with van der Waals surface area (Å²) in [5.74, 6) is -0.390. The molecular formula is C24H22ClN3O3. The molecule has 0 aliphatic heterocycles. The van der Waals surface area contributed by atoms with E-state index in [9.17, 15) is 9.59 Å². The van der Waals surface area contributed by atoms with E-state index in [1.807, 2.05) is 55.5 Å². The zero-order valence-electron chi connectivity index (χ0n) is 17.0. The van der Waals surface area contributed by atoms with E-state index < -0.39 is 11.8 Å². The van der Waals surface area contributed by atoms with E-state index >= 15 is 0 Å². The Hall–Kier alpha value is -3.64. The lowest BCUT2D eigenvalue weighted by molar-refractivity contribution is -0.126. The van der Waals surface area contributed by atoms with Gasteiger partial charge in [0.25, 0.3) is 0 Å². The highest BCUT2D eigenvalue weighted by Gasteiger charge is 2.10. The fourth-order valence-electron chi connectivity index (χ4n) is 2.68. The van der Waals surface area contributed by atoms with Crippen LogP contribution in [0.2, 0.25) is 5.02 Å². The molecule has 2 amide bonds. The molecule has 0 bridgehead atoms. The van der Waals surface area contributed by atoms with Crippen LogP contribution in [0.15, 0.2) is 77.9 Å². The average molecular weight is 436 g/mol. The zero-order valence-corrected chi connectivity index (χ0v) is 17.7. The minimum atomic E-state index is -0.543. The van der Waals surface area contributed by atoms with Gasteiger partial charge in [0, 0.05) is 5.56 Å². The lowest BCUT2D eigenvalue weighted by Crippen LogP contribution is -2.24. The van der Waals surface area contributed by atoms with Crippen molar-refractivity contribution >= 4 is 35.3 Å². The largest absolute Gasteiger partial charge is 0.488 e. The van der Waals surface area contributed by atoms with Crippen molar-refractivity contribution in [2.45, 2.75) is 20.0 Å². The molecule has 3 aromatic carbocycles. The third-order valence-corrected chi connectivity index (χ3v) is 4.63. The molecule has 0 aromatic heterocycles. The number of para-hydroxylation sites is 2. The average Bonchev–Trinajstić information content (AvgIpc) is 2.76. The smallest absolute Gasteiger partial charge is 0.249 e. The Balaban J connectivity index is 1.52. The molecule has 0 heterocycles. The predicted octanol–water partition coefficient (Wildman–Crippen LogP) is 4.71. The molecule has 0 saturated carbocycles. The molecule has 0 aliphatic rings. The number of nitrogens with zero attached hydrogens (tertiary/aromatic N) is 1. The molecule has 0 atom stereocenters. The van der Waals surface area contributed by atoms with Crippen molar-refractivity contribution in [1.29, 1.82) is 0 Å². The van der Waals surface area contributed by atoms with Crippen molar-refractivity contribution < 1.29 is 14.3 Å². The summed E-state index contributed by atoms with van der Waals surface area (Å²) in [5, 5.41) is 6.93. The summed E-state index contributed by atoms with van der Waals surface area (Å²) < 4.78 is 5.88. The number of halogens is 1. The van der Waals surface area contributed by atoms with Gasteiger partial charge in [0.2, 0.25) is 11.8 Å². The molecule has 0 radical (unpaired) electrons. The molecule has 31 heavy (non-hydrogen) atoms. The maximum absolute atomic E-state index is 12.0. The summed E-state index contributed by atoms with van der Waals surface area (Å²) in [6, 6.07) is 22.2. The first-order valence-corrected chi connectivity index (χ1v) is 10.0. The molecule has 0 spiro atoms. The summed E-state index contributed by atoms with van der Waals surface area (Å²) >= 11 is 5.99. The molecule has 0 unspecified atom stereocenters. The fourth-order valence-corrected chi connectivity index (χ4v) is 2.86. The molecule has 0 aliphatic carbocycles. The van der Waals surface area contributed by atoms with Crippen LogP contribution in [0.1, 0.15) is 23.1 Å². The van der Waals surface area contributed by atoms with Crippen LogP contribution in [0.25, 0.3) is 0 Å². The number of nitrogens with one attached hydrogen (secondary N) is 2. The number of rotatable bonds is 8. The summed E-state index contributed by atoms with van der Waals surface area (Å²) in [4.78, 5) is 24.0. The second-order valence-electron chi connectivity index (χ2n) is 6.81. The summed E-state index contributed by atoms with van der Waals surface area (Å²) in [6.07, 6.45) is 1.10. The van der Waals surface area contributed by atoms with E-state index in [0.717, 1.165) is 5.56 Å². The number of hydrogen-bond donors (Lipinski definition) is 2. The number of hydrazone groups is 1. The molecule has 3 aromatic rings. The van der Waals surface area contributed by atoms with E-state index in [-0.39, 0.29) is 6.42 Å². The van der Waals surface area contributed by atoms with E-state index in [4.69, 9.17) is 16.3 Å². The maximum Gasteiger partial charge on any atom is 0.249 e. The zero-order chi connectivity index (χ0) is 22.1. The molecule has 7 heteroatoms. The van der Waals surface area contributed by atoms with Gasteiger partial charge in [-0.3, -0.25) is 9.59 Å². The van der Waals surface area contributed by atoms with Gasteiger partial charge in [0.05, 0.1) is 16.9 Å². The van der Waals surface area contributed by atoms with Gasteiger partial charge < -0.3 is 10.1 Å². The first-order valence-electron chi connectivity index (χ1n) is 9.65. The van der Waals surface area contributed by atoms with Crippen molar-refractivity contribution in [3.05, 3.63) is 94.5 Å². The monoisotopic (exact) mass is 435 g/mol. The maximum atomic E-state index is 12.0. The molecule has 0 saturated heterocycles. The lowest BCUT2D eigenvalue weighted by Gasteiger charge is -2.09. The number of aryl methyl sites for hydroxylation is 1. The van der Waals surface area contributed by atoms with Crippen LogP contribution in [-0.4, -0.2) is 18.0 Å². The second-order valence-corrected chi connectivity index (χ2v) is 7.22. The van der Waals surface area contributed by atoms with E-state index in [2.05, 4.69) is 15.8 Å². The lowest BCUT2D eigenvalue weighted by atomic mass is 10.1. The van der Waals surface area contributed by atoms with Crippen LogP contribution in [0.4, 0.5) is 5.69 Å².